The van der Waals surface area contributed by atoms with E-state index in [-0.39, 0.29) is 61.0 Å². The minimum absolute atomic E-state index is 0.0162. The quantitative estimate of drug-likeness (QED) is 0.436. The van der Waals surface area contributed by atoms with Crippen molar-refractivity contribution < 1.29 is 19.2 Å². The standard InChI is InChI=1S/C24H30BrN3O4/c1-15(2)26-22(30)16(3)28(14-17-7-6-8-18(25)13-17)21(29)11-12-27-23(31)19-9-4-5-10-20(19)24(27)32/h4-8,13,15-16,19-20H,9-12,14H2,1-3H3,(H,26,30)/t16?,19-,20+. The van der Waals surface area contributed by atoms with Crippen molar-refractivity contribution in [2.24, 2.45) is 11.8 Å². The predicted molar refractivity (Wildman–Crippen MR) is 124 cm³/mol. The number of nitrogens with one attached hydrogen (secondary N) is 1. The molecule has 0 saturated carbocycles. The summed E-state index contributed by atoms with van der Waals surface area (Å²) < 4.78 is 0.881. The molecule has 2 aliphatic rings. The van der Waals surface area contributed by atoms with E-state index in [1.165, 1.54) is 9.80 Å². The van der Waals surface area contributed by atoms with Crippen LogP contribution in [0.2, 0.25) is 0 Å². The Morgan fingerprint density at radius 2 is 1.75 bits per heavy atom. The van der Waals surface area contributed by atoms with E-state index in [2.05, 4.69) is 21.2 Å². The van der Waals surface area contributed by atoms with Crippen molar-refractivity contribution in [3.63, 3.8) is 0 Å². The summed E-state index contributed by atoms with van der Waals surface area (Å²) >= 11 is 3.44. The van der Waals surface area contributed by atoms with E-state index in [9.17, 15) is 19.2 Å². The summed E-state index contributed by atoms with van der Waals surface area (Å²) in [5.41, 5.74) is 0.877. The number of allylic oxidation sites excluding steroid dienone is 2. The number of rotatable bonds is 8. The zero-order chi connectivity index (χ0) is 23.4. The summed E-state index contributed by atoms with van der Waals surface area (Å²) in [5, 5.41) is 2.85. The smallest absolute Gasteiger partial charge is 0.242 e. The van der Waals surface area contributed by atoms with E-state index in [1.54, 1.807) is 6.92 Å². The summed E-state index contributed by atoms with van der Waals surface area (Å²) in [7, 11) is 0. The fourth-order valence-corrected chi connectivity index (χ4v) is 4.71. The molecule has 1 aliphatic heterocycles. The molecule has 1 heterocycles. The molecule has 1 saturated heterocycles. The molecular formula is C24H30BrN3O4. The molecule has 8 heteroatoms. The summed E-state index contributed by atoms with van der Waals surface area (Å²) in [5.74, 6) is -1.52. The van der Waals surface area contributed by atoms with Gasteiger partial charge in [0.05, 0.1) is 11.8 Å². The van der Waals surface area contributed by atoms with Crippen molar-refractivity contribution in [2.75, 3.05) is 6.54 Å². The molecule has 3 rings (SSSR count). The molecule has 0 spiro atoms. The lowest BCUT2D eigenvalue weighted by Crippen LogP contribution is -2.49. The van der Waals surface area contributed by atoms with Crippen LogP contribution < -0.4 is 5.32 Å². The third kappa shape index (κ3) is 5.46. The van der Waals surface area contributed by atoms with Crippen molar-refractivity contribution in [1.29, 1.82) is 0 Å². The number of likely N-dealkylation sites (tertiary alicyclic amines) is 1. The first-order valence-electron chi connectivity index (χ1n) is 11.0. The van der Waals surface area contributed by atoms with Gasteiger partial charge in [0.2, 0.25) is 23.6 Å². The molecule has 1 aromatic carbocycles. The van der Waals surface area contributed by atoms with Gasteiger partial charge in [-0.2, -0.15) is 0 Å². The molecule has 0 bridgehead atoms. The number of amides is 4. The fraction of sp³-hybridized carbons (Fsp3) is 0.500. The van der Waals surface area contributed by atoms with Gasteiger partial charge >= 0.3 is 0 Å². The summed E-state index contributed by atoms with van der Waals surface area (Å²) in [6, 6.07) is 6.81. The number of carbonyl (C=O) groups is 4. The maximum Gasteiger partial charge on any atom is 0.242 e. The van der Waals surface area contributed by atoms with Gasteiger partial charge in [-0.1, -0.05) is 40.2 Å². The highest BCUT2D eigenvalue weighted by molar-refractivity contribution is 9.10. The first-order valence-corrected chi connectivity index (χ1v) is 11.8. The van der Waals surface area contributed by atoms with Gasteiger partial charge in [0.25, 0.3) is 0 Å². The van der Waals surface area contributed by atoms with Crippen molar-refractivity contribution in [2.45, 2.75) is 58.7 Å². The van der Waals surface area contributed by atoms with Gasteiger partial charge in [-0.05, 0) is 51.3 Å². The number of hydrogen-bond donors (Lipinski definition) is 1. The molecule has 1 unspecified atom stereocenters. The van der Waals surface area contributed by atoms with Crippen molar-refractivity contribution in [3.05, 3.63) is 46.5 Å². The number of imide groups is 1. The number of fused-ring (bicyclic) bond motifs is 1. The van der Waals surface area contributed by atoms with Crippen molar-refractivity contribution in [3.8, 4) is 0 Å². The normalized spacial score (nSPS) is 21.0. The molecule has 4 amide bonds. The molecule has 172 valence electrons. The van der Waals surface area contributed by atoms with E-state index in [0.29, 0.717) is 12.8 Å². The molecule has 0 aromatic heterocycles. The van der Waals surface area contributed by atoms with E-state index < -0.39 is 6.04 Å². The molecule has 32 heavy (non-hydrogen) atoms. The Morgan fingerprint density at radius 3 is 2.31 bits per heavy atom. The molecule has 1 N–H and O–H groups in total. The zero-order valence-corrected chi connectivity index (χ0v) is 20.3. The SMILES string of the molecule is CC(C)NC(=O)C(C)N(Cc1cccc(Br)c1)C(=O)CCN1C(=O)[C@H]2CC=CC[C@H]2C1=O. The van der Waals surface area contributed by atoms with Crippen LogP contribution >= 0.6 is 15.9 Å². The minimum Gasteiger partial charge on any atom is -0.352 e. The zero-order valence-electron chi connectivity index (χ0n) is 18.7. The van der Waals surface area contributed by atoms with Crippen molar-refractivity contribution in [1.82, 2.24) is 15.1 Å². The first kappa shape index (κ1) is 24.2. The van der Waals surface area contributed by atoms with Gasteiger partial charge in [-0.25, -0.2) is 0 Å². The van der Waals surface area contributed by atoms with Crippen LogP contribution in [0.5, 0.6) is 0 Å². The largest absolute Gasteiger partial charge is 0.352 e. The molecule has 1 fully saturated rings. The summed E-state index contributed by atoms with van der Waals surface area (Å²) in [4.78, 5) is 54.0. The van der Waals surface area contributed by atoms with E-state index in [4.69, 9.17) is 0 Å². The van der Waals surface area contributed by atoms with Crippen LogP contribution in [0, 0.1) is 11.8 Å². The van der Waals surface area contributed by atoms with Crippen molar-refractivity contribution >= 4 is 39.6 Å². The lowest BCUT2D eigenvalue weighted by Gasteiger charge is -2.30. The maximum absolute atomic E-state index is 13.2. The summed E-state index contributed by atoms with van der Waals surface area (Å²) in [6.45, 7) is 5.72. The predicted octanol–water partition coefficient (Wildman–Crippen LogP) is 3.03. The topological polar surface area (TPSA) is 86.8 Å². The Kier molecular flexibility index (Phi) is 7.87. The molecular weight excluding hydrogens is 474 g/mol. The van der Waals surface area contributed by atoms with Crippen LogP contribution in [0.4, 0.5) is 0 Å². The van der Waals surface area contributed by atoms with Gasteiger partial charge < -0.3 is 10.2 Å². The number of hydrogen-bond acceptors (Lipinski definition) is 4. The summed E-state index contributed by atoms with van der Waals surface area (Å²) in [6.07, 6.45) is 5.01. The molecule has 1 aromatic rings. The molecule has 3 atom stereocenters. The van der Waals surface area contributed by atoms with E-state index in [0.717, 1.165) is 10.0 Å². The highest BCUT2D eigenvalue weighted by atomic mass is 79.9. The Balaban J connectivity index is 1.72. The molecule has 1 aliphatic carbocycles. The Bertz CT molecular complexity index is 904. The van der Waals surface area contributed by atoms with Crippen LogP contribution in [0.3, 0.4) is 0 Å². The highest BCUT2D eigenvalue weighted by Gasteiger charge is 2.47. The van der Waals surface area contributed by atoms with E-state index in [1.807, 2.05) is 50.3 Å². The van der Waals surface area contributed by atoms with Crippen LogP contribution in [0.25, 0.3) is 0 Å². The van der Waals surface area contributed by atoms with Gasteiger partial charge in [-0.3, -0.25) is 24.1 Å². The Hall–Kier alpha value is -2.48. The number of benzene rings is 1. The Labute approximate surface area is 197 Å². The third-order valence-corrected chi connectivity index (χ3v) is 6.48. The number of carbonyl (C=O) groups excluding carboxylic acids is 4. The second-order valence-electron chi connectivity index (χ2n) is 8.72. The van der Waals surface area contributed by atoms with Crippen LogP contribution in [0.1, 0.15) is 45.6 Å². The fourth-order valence-electron chi connectivity index (χ4n) is 4.26. The van der Waals surface area contributed by atoms with Gasteiger partial charge in [0.15, 0.2) is 0 Å². The number of nitrogens with zero attached hydrogens (tertiary/aromatic N) is 2. The average Bonchev–Trinajstić information content (AvgIpc) is 2.99. The Morgan fingerprint density at radius 1 is 1.12 bits per heavy atom. The second kappa shape index (κ2) is 10.4. The molecule has 7 nitrogen and oxygen atoms in total. The lowest BCUT2D eigenvalue weighted by atomic mass is 9.85. The highest BCUT2D eigenvalue weighted by Crippen LogP contribution is 2.35. The second-order valence-corrected chi connectivity index (χ2v) is 9.64. The molecule has 0 radical (unpaired) electrons. The van der Waals surface area contributed by atoms with Crippen LogP contribution in [-0.2, 0) is 25.7 Å². The van der Waals surface area contributed by atoms with Crippen LogP contribution in [-0.4, -0.2) is 52.1 Å². The first-order chi connectivity index (χ1) is 15.2. The lowest BCUT2D eigenvalue weighted by molar-refractivity contribution is -0.143. The third-order valence-electron chi connectivity index (χ3n) is 5.99. The number of halogens is 1. The van der Waals surface area contributed by atoms with E-state index >= 15 is 0 Å². The van der Waals surface area contributed by atoms with Gasteiger partial charge in [0, 0.05) is 30.0 Å². The van der Waals surface area contributed by atoms with Crippen LogP contribution in [0.15, 0.2) is 40.9 Å². The monoisotopic (exact) mass is 503 g/mol. The average molecular weight is 504 g/mol. The maximum atomic E-state index is 13.2. The van der Waals surface area contributed by atoms with Gasteiger partial charge in [0.1, 0.15) is 6.04 Å². The minimum atomic E-state index is -0.694. The van der Waals surface area contributed by atoms with Gasteiger partial charge in [-0.15, -0.1) is 0 Å².